The van der Waals surface area contributed by atoms with Crippen LogP contribution < -0.4 is 15.2 Å². The van der Waals surface area contributed by atoms with Gasteiger partial charge in [0.25, 0.3) is 0 Å². The maximum Gasteiger partial charge on any atom is 0.167 e. The Kier molecular flexibility index (Phi) is 4.08. The average molecular weight is 374 g/mol. The second-order valence-electron chi connectivity index (χ2n) is 3.44. The molecule has 2 aromatic rings. The number of hydrogen-bond donors (Lipinski definition) is 1. The third kappa shape index (κ3) is 2.76. The number of nitrogen functional groups attached to an aromatic ring is 1. The first kappa shape index (κ1) is 13.2. The number of pyridine rings is 1. The van der Waals surface area contributed by atoms with E-state index in [1.807, 2.05) is 12.1 Å². The van der Waals surface area contributed by atoms with Gasteiger partial charge >= 0.3 is 0 Å². The predicted molar refractivity (Wildman–Crippen MR) is 77.1 cm³/mol. The summed E-state index contributed by atoms with van der Waals surface area (Å²) >= 11 is 6.77. The minimum atomic E-state index is 0.465. The van der Waals surface area contributed by atoms with Crippen molar-refractivity contribution in [3.8, 4) is 17.2 Å². The smallest absolute Gasteiger partial charge is 0.167 e. The molecule has 0 spiro atoms. The van der Waals surface area contributed by atoms with Crippen molar-refractivity contribution in [3.63, 3.8) is 0 Å². The van der Waals surface area contributed by atoms with Crippen molar-refractivity contribution in [2.45, 2.75) is 0 Å². The van der Waals surface area contributed by atoms with Crippen molar-refractivity contribution in [3.05, 3.63) is 39.5 Å². The van der Waals surface area contributed by atoms with Crippen LogP contribution in [0.25, 0.3) is 0 Å². The standard InChI is InChI=1S/C12H10Br2N2O2/c1-17-7-2-3-11(8(13)4-7)18-12-9(14)5-16-6-10(12)15/h2-6H,15H2,1H3. The highest BCUT2D eigenvalue weighted by Gasteiger charge is 2.10. The zero-order valence-corrected chi connectivity index (χ0v) is 12.7. The number of ether oxygens (including phenoxy) is 2. The summed E-state index contributed by atoms with van der Waals surface area (Å²) in [7, 11) is 1.61. The number of rotatable bonds is 3. The number of benzene rings is 1. The molecule has 0 saturated heterocycles. The minimum Gasteiger partial charge on any atom is -0.497 e. The van der Waals surface area contributed by atoms with Gasteiger partial charge in [-0.25, -0.2) is 0 Å². The largest absolute Gasteiger partial charge is 0.497 e. The monoisotopic (exact) mass is 372 g/mol. The molecule has 18 heavy (non-hydrogen) atoms. The Bertz CT molecular complexity index is 556. The van der Waals surface area contributed by atoms with Gasteiger partial charge in [0.15, 0.2) is 5.75 Å². The molecule has 0 amide bonds. The zero-order valence-electron chi connectivity index (χ0n) is 9.48. The summed E-state index contributed by atoms with van der Waals surface area (Å²) in [5, 5.41) is 0. The predicted octanol–water partition coefficient (Wildman–Crippen LogP) is 3.99. The summed E-state index contributed by atoms with van der Waals surface area (Å²) in [4.78, 5) is 3.95. The van der Waals surface area contributed by atoms with E-state index >= 15 is 0 Å². The zero-order chi connectivity index (χ0) is 13.1. The van der Waals surface area contributed by atoms with Gasteiger partial charge in [-0.15, -0.1) is 0 Å². The Hall–Kier alpha value is -1.27. The quantitative estimate of drug-likeness (QED) is 0.883. The van der Waals surface area contributed by atoms with Gasteiger partial charge in [0.2, 0.25) is 0 Å². The summed E-state index contributed by atoms with van der Waals surface area (Å²) in [6.07, 6.45) is 3.17. The van der Waals surface area contributed by atoms with Crippen LogP contribution in [0.5, 0.6) is 17.2 Å². The van der Waals surface area contributed by atoms with Crippen LogP contribution in [0.15, 0.2) is 39.5 Å². The summed E-state index contributed by atoms with van der Waals surface area (Å²) in [6, 6.07) is 5.43. The number of hydrogen-bond acceptors (Lipinski definition) is 4. The van der Waals surface area contributed by atoms with Crippen LogP contribution in [-0.2, 0) is 0 Å². The van der Waals surface area contributed by atoms with Crippen LogP contribution in [0.2, 0.25) is 0 Å². The third-order valence-corrected chi connectivity index (χ3v) is 3.42. The van der Waals surface area contributed by atoms with Gasteiger partial charge in [-0.3, -0.25) is 4.98 Å². The van der Waals surface area contributed by atoms with Crippen molar-refractivity contribution < 1.29 is 9.47 Å². The molecule has 94 valence electrons. The van der Waals surface area contributed by atoms with E-state index in [0.29, 0.717) is 21.7 Å². The molecule has 2 rings (SSSR count). The second-order valence-corrected chi connectivity index (χ2v) is 5.15. The Labute approximate surface area is 121 Å². The first-order valence-corrected chi connectivity index (χ1v) is 6.61. The normalized spacial score (nSPS) is 10.2. The third-order valence-electron chi connectivity index (χ3n) is 2.23. The molecule has 0 bridgehead atoms. The Morgan fingerprint density at radius 1 is 1.17 bits per heavy atom. The van der Waals surface area contributed by atoms with Crippen LogP contribution in [-0.4, -0.2) is 12.1 Å². The van der Waals surface area contributed by atoms with Gasteiger partial charge in [-0.1, -0.05) is 0 Å². The van der Waals surface area contributed by atoms with Crippen molar-refractivity contribution in [1.82, 2.24) is 4.98 Å². The van der Waals surface area contributed by atoms with E-state index in [0.717, 1.165) is 10.2 Å². The first-order valence-electron chi connectivity index (χ1n) is 5.02. The molecule has 2 N–H and O–H groups in total. The summed E-state index contributed by atoms with van der Waals surface area (Å²) in [5.41, 5.74) is 6.28. The molecule has 0 radical (unpaired) electrons. The van der Waals surface area contributed by atoms with Crippen molar-refractivity contribution >= 4 is 37.5 Å². The second kappa shape index (κ2) is 5.58. The Morgan fingerprint density at radius 2 is 1.94 bits per heavy atom. The van der Waals surface area contributed by atoms with Crippen molar-refractivity contribution in [2.24, 2.45) is 0 Å². The van der Waals surface area contributed by atoms with Crippen molar-refractivity contribution in [2.75, 3.05) is 12.8 Å². The van der Waals surface area contributed by atoms with E-state index in [1.54, 1.807) is 19.4 Å². The summed E-state index contributed by atoms with van der Waals surface area (Å²) < 4.78 is 12.4. The van der Waals surface area contributed by atoms with E-state index in [9.17, 15) is 0 Å². The van der Waals surface area contributed by atoms with Crippen LogP contribution in [0.1, 0.15) is 0 Å². The lowest BCUT2D eigenvalue weighted by molar-refractivity contribution is 0.412. The summed E-state index contributed by atoms with van der Waals surface area (Å²) in [6.45, 7) is 0. The van der Waals surface area contributed by atoms with Gasteiger partial charge in [-0.05, 0) is 50.1 Å². The fraction of sp³-hybridized carbons (Fsp3) is 0.0833. The van der Waals surface area contributed by atoms with E-state index in [1.165, 1.54) is 6.20 Å². The number of nitrogens with two attached hydrogens (primary N) is 1. The Balaban J connectivity index is 2.34. The van der Waals surface area contributed by atoms with Gasteiger partial charge in [0.05, 0.1) is 27.9 Å². The molecule has 4 nitrogen and oxygen atoms in total. The molecule has 0 fully saturated rings. The molecule has 1 aromatic heterocycles. The summed E-state index contributed by atoms with van der Waals surface area (Å²) in [5.74, 6) is 1.93. The first-order chi connectivity index (χ1) is 8.61. The number of methoxy groups -OCH3 is 1. The van der Waals surface area contributed by atoms with Crippen LogP contribution >= 0.6 is 31.9 Å². The van der Waals surface area contributed by atoms with Gasteiger partial charge in [0, 0.05) is 6.20 Å². The molecule has 0 saturated carbocycles. The van der Waals surface area contributed by atoms with Crippen LogP contribution in [0.4, 0.5) is 5.69 Å². The molecule has 0 unspecified atom stereocenters. The highest BCUT2D eigenvalue weighted by molar-refractivity contribution is 9.11. The van der Waals surface area contributed by atoms with Gasteiger partial charge < -0.3 is 15.2 Å². The van der Waals surface area contributed by atoms with Crippen LogP contribution in [0, 0.1) is 0 Å². The molecule has 0 atom stereocenters. The maximum atomic E-state index is 5.82. The highest BCUT2D eigenvalue weighted by Crippen LogP contribution is 2.38. The lowest BCUT2D eigenvalue weighted by Crippen LogP contribution is -1.95. The lowest BCUT2D eigenvalue weighted by atomic mass is 10.3. The van der Waals surface area contributed by atoms with E-state index in [2.05, 4.69) is 36.8 Å². The fourth-order valence-corrected chi connectivity index (χ4v) is 2.21. The van der Waals surface area contributed by atoms with E-state index in [4.69, 9.17) is 15.2 Å². The topological polar surface area (TPSA) is 57.4 Å². The SMILES string of the molecule is COc1ccc(Oc2c(N)cncc2Br)c(Br)c1. The minimum absolute atomic E-state index is 0.465. The lowest BCUT2D eigenvalue weighted by Gasteiger charge is -2.12. The van der Waals surface area contributed by atoms with E-state index in [-0.39, 0.29) is 0 Å². The highest BCUT2D eigenvalue weighted by atomic mass is 79.9. The molecular formula is C12H10Br2N2O2. The van der Waals surface area contributed by atoms with Crippen molar-refractivity contribution in [1.29, 1.82) is 0 Å². The number of nitrogens with zero attached hydrogens (tertiary/aromatic N) is 1. The fourth-order valence-electron chi connectivity index (χ4n) is 1.35. The Morgan fingerprint density at radius 3 is 2.56 bits per heavy atom. The number of aromatic nitrogens is 1. The molecule has 0 aliphatic carbocycles. The number of anilines is 1. The molecule has 0 aliphatic rings. The number of halogens is 2. The van der Waals surface area contributed by atoms with Gasteiger partial charge in [-0.2, -0.15) is 0 Å². The maximum absolute atomic E-state index is 5.82. The molecule has 6 heteroatoms. The van der Waals surface area contributed by atoms with Crippen LogP contribution in [0.3, 0.4) is 0 Å². The molecule has 0 aliphatic heterocycles. The molecule has 1 aromatic carbocycles. The molecular weight excluding hydrogens is 364 g/mol. The molecule has 1 heterocycles. The van der Waals surface area contributed by atoms with Gasteiger partial charge in [0.1, 0.15) is 11.5 Å². The average Bonchev–Trinajstić information content (AvgIpc) is 2.35. The van der Waals surface area contributed by atoms with E-state index < -0.39 is 0 Å².